The molecule has 0 saturated heterocycles. The van der Waals surface area contributed by atoms with Crippen molar-refractivity contribution in [2.75, 3.05) is 5.75 Å². The van der Waals surface area contributed by atoms with E-state index < -0.39 is 15.9 Å². The van der Waals surface area contributed by atoms with Crippen molar-refractivity contribution in [1.82, 2.24) is 4.72 Å². The summed E-state index contributed by atoms with van der Waals surface area (Å²) >= 11 is 0. The van der Waals surface area contributed by atoms with Gasteiger partial charge in [0.15, 0.2) is 0 Å². The molecule has 3 N–H and O–H groups in total. The number of hydrogen-bond acceptors (Lipinski definition) is 4. The molecule has 0 radical (unpaired) electrons. The molecule has 2 atom stereocenters. The fourth-order valence-electron chi connectivity index (χ4n) is 3.14. The molecule has 0 spiro atoms. The largest absolute Gasteiger partial charge is 0.328 e. The van der Waals surface area contributed by atoms with E-state index in [4.69, 9.17) is 5.73 Å². The number of carbonyl (C=O) groups is 1. The van der Waals surface area contributed by atoms with Crippen molar-refractivity contribution in [2.24, 2.45) is 11.7 Å². The number of nitrogens with one attached hydrogen (secondary N) is 1. The van der Waals surface area contributed by atoms with Gasteiger partial charge in [0.05, 0.1) is 5.75 Å². The summed E-state index contributed by atoms with van der Waals surface area (Å²) in [6.07, 6.45) is 4.78. The maximum Gasteiger partial charge on any atom is 0.264 e. The Morgan fingerprint density at radius 1 is 1.14 bits per heavy atom. The predicted molar refractivity (Wildman–Crippen MR) is 85.0 cm³/mol. The number of amides is 1. The Morgan fingerprint density at radius 2 is 1.82 bits per heavy atom. The van der Waals surface area contributed by atoms with Crippen LogP contribution in [0.25, 0.3) is 0 Å². The summed E-state index contributed by atoms with van der Waals surface area (Å²) in [5.41, 5.74) is 7.40. The molecule has 1 aromatic rings. The van der Waals surface area contributed by atoms with Crippen molar-refractivity contribution in [2.45, 2.75) is 44.1 Å². The highest BCUT2D eigenvalue weighted by Crippen LogP contribution is 2.39. The number of rotatable bonds is 5. The van der Waals surface area contributed by atoms with E-state index in [0.717, 1.165) is 12.8 Å². The molecule has 2 saturated carbocycles. The molecule has 3 rings (SSSR count). The predicted octanol–water partition coefficient (Wildman–Crippen LogP) is 1.75. The smallest absolute Gasteiger partial charge is 0.264 e. The van der Waals surface area contributed by atoms with E-state index in [1.54, 1.807) is 12.1 Å². The van der Waals surface area contributed by atoms with Crippen molar-refractivity contribution >= 4 is 15.9 Å². The Balaban J connectivity index is 1.59. The molecule has 1 aromatic carbocycles. The average molecular weight is 322 g/mol. The van der Waals surface area contributed by atoms with Gasteiger partial charge in [0.1, 0.15) is 0 Å². The summed E-state index contributed by atoms with van der Waals surface area (Å²) in [5, 5.41) is 0. The first-order valence-corrected chi connectivity index (χ1v) is 9.48. The fourth-order valence-corrected chi connectivity index (χ4v) is 4.55. The van der Waals surface area contributed by atoms with Crippen LogP contribution in [-0.2, 0) is 10.0 Å². The van der Waals surface area contributed by atoms with Gasteiger partial charge >= 0.3 is 0 Å². The van der Waals surface area contributed by atoms with E-state index in [2.05, 4.69) is 4.72 Å². The van der Waals surface area contributed by atoms with Crippen LogP contribution in [0.2, 0.25) is 0 Å². The van der Waals surface area contributed by atoms with Crippen molar-refractivity contribution < 1.29 is 13.2 Å². The van der Waals surface area contributed by atoms with Gasteiger partial charge in [0.2, 0.25) is 10.0 Å². The zero-order valence-corrected chi connectivity index (χ0v) is 13.3. The van der Waals surface area contributed by atoms with Crippen molar-refractivity contribution in [3.8, 4) is 0 Å². The molecule has 2 aliphatic carbocycles. The highest BCUT2D eigenvalue weighted by Gasteiger charge is 2.28. The Kier molecular flexibility index (Phi) is 4.23. The molecule has 2 aliphatic rings. The molecule has 6 heteroatoms. The molecule has 0 bridgehead atoms. The lowest BCUT2D eigenvalue weighted by atomic mass is 10.1. The van der Waals surface area contributed by atoms with E-state index in [9.17, 15) is 13.2 Å². The van der Waals surface area contributed by atoms with E-state index >= 15 is 0 Å². The van der Waals surface area contributed by atoms with Crippen LogP contribution < -0.4 is 10.5 Å². The van der Waals surface area contributed by atoms with E-state index in [1.807, 2.05) is 12.1 Å². The topological polar surface area (TPSA) is 89.3 Å². The van der Waals surface area contributed by atoms with Crippen molar-refractivity contribution in [1.29, 1.82) is 0 Å². The van der Waals surface area contributed by atoms with Crippen LogP contribution in [0.1, 0.15) is 53.9 Å². The SMILES string of the molecule is N[C@@H]1CC[C@H](CS(=O)(=O)NC(=O)c2ccc(C3CC3)cc2)C1. The lowest BCUT2D eigenvalue weighted by molar-refractivity contribution is 0.0981. The molecule has 120 valence electrons. The number of hydrogen-bond donors (Lipinski definition) is 2. The average Bonchev–Trinajstić information content (AvgIpc) is 3.22. The molecular formula is C16H22N2O3S. The minimum Gasteiger partial charge on any atom is -0.328 e. The van der Waals surface area contributed by atoms with E-state index in [0.29, 0.717) is 17.9 Å². The summed E-state index contributed by atoms with van der Waals surface area (Å²) in [4.78, 5) is 12.1. The van der Waals surface area contributed by atoms with Crippen molar-refractivity contribution in [3.05, 3.63) is 35.4 Å². The van der Waals surface area contributed by atoms with Crippen LogP contribution in [-0.4, -0.2) is 26.1 Å². The van der Waals surface area contributed by atoms with Gasteiger partial charge in [-0.1, -0.05) is 12.1 Å². The molecule has 0 unspecified atom stereocenters. The second-order valence-corrected chi connectivity index (χ2v) is 8.31. The number of sulfonamides is 1. The van der Waals surface area contributed by atoms with Crippen LogP contribution in [0.3, 0.4) is 0 Å². The minimum atomic E-state index is -3.61. The fraction of sp³-hybridized carbons (Fsp3) is 0.562. The van der Waals surface area contributed by atoms with Gasteiger partial charge in [0, 0.05) is 11.6 Å². The Hall–Kier alpha value is -1.40. The molecule has 1 amide bonds. The normalized spacial score (nSPS) is 25.1. The molecule has 0 aromatic heterocycles. The molecule has 5 nitrogen and oxygen atoms in total. The standard InChI is InChI=1S/C16H22N2O3S/c17-15-8-1-11(9-15)10-22(20,21)18-16(19)14-6-4-13(5-7-14)12-2-3-12/h4-7,11-12,15H,1-3,8-10,17H2,(H,18,19)/t11-,15+/m0/s1. The van der Waals surface area contributed by atoms with E-state index in [-0.39, 0.29) is 17.7 Å². The highest BCUT2D eigenvalue weighted by atomic mass is 32.2. The van der Waals surface area contributed by atoms with Gasteiger partial charge in [-0.15, -0.1) is 0 Å². The van der Waals surface area contributed by atoms with Crippen LogP contribution in [0, 0.1) is 5.92 Å². The maximum atomic E-state index is 12.1. The van der Waals surface area contributed by atoms with Crippen molar-refractivity contribution in [3.63, 3.8) is 0 Å². The van der Waals surface area contributed by atoms with Gasteiger partial charge in [-0.2, -0.15) is 0 Å². The highest BCUT2D eigenvalue weighted by molar-refractivity contribution is 7.90. The lowest BCUT2D eigenvalue weighted by Gasteiger charge is -2.11. The van der Waals surface area contributed by atoms with Gasteiger partial charge in [-0.25, -0.2) is 13.1 Å². The zero-order chi connectivity index (χ0) is 15.7. The quantitative estimate of drug-likeness (QED) is 0.864. The Morgan fingerprint density at radius 3 is 2.36 bits per heavy atom. The summed E-state index contributed by atoms with van der Waals surface area (Å²) in [6, 6.07) is 7.31. The summed E-state index contributed by atoms with van der Waals surface area (Å²) < 4.78 is 26.3. The summed E-state index contributed by atoms with van der Waals surface area (Å²) in [5.74, 6) is 0.0988. The van der Waals surface area contributed by atoms with Gasteiger partial charge in [-0.3, -0.25) is 4.79 Å². The Bertz CT molecular complexity index is 650. The number of nitrogens with two attached hydrogens (primary N) is 1. The Labute approximate surface area is 131 Å². The van der Waals surface area contributed by atoms with Gasteiger partial charge in [0.25, 0.3) is 5.91 Å². The van der Waals surface area contributed by atoms with Crippen LogP contribution in [0.5, 0.6) is 0 Å². The first kappa shape index (κ1) is 15.5. The number of carbonyl (C=O) groups excluding carboxylic acids is 1. The maximum absolute atomic E-state index is 12.1. The third-order valence-electron chi connectivity index (χ3n) is 4.51. The first-order chi connectivity index (χ1) is 10.4. The molecule has 22 heavy (non-hydrogen) atoms. The second-order valence-electron chi connectivity index (χ2n) is 6.55. The van der Waals surface area contributed by atoms with Crippen LogP contribution in [0.4, 0.5) is 0 Å². The van der Waals surface area contributed by atoms with Gasteiger partial charge < -0.3 is 5.73 Å². The molecule has 0 aliphatic heterocycles. The second kappa shape index (κ2) is 6.01. The van der Waals surface area contributed by atoms with Crippen LogP contribution in [0.15, 0.2) is 24.3 Å². The molecule has 0 heterocycles. The zero-order valence-electron chi connectivity index (χ0n) is 12.5. The lowest BCUT2D eigenvalue weighted by Crippen LogP contribution is -2.34. The summed E-state index contributed by atoms with van der Waals surface area (Å²) in [6.45, 7) is 0. The minimum absolute atomic E-state index is 0.0212. The monoisotopic (exact) mass is 322 g/mol. The number of benzene rings is 1. The first-order valence-electron chi connectivity index (χ1n) is 7.83. The van der Waals surface area contributed by atoms with Crippen LogP contribution >= 0.6 is 0 Å². The molecule has 2 fully saturated rings. The third-order valence-corrected chi connectivity index (χ3v) is 5.91. The molecular weight excluding hydrogens is 300 g/mol. The summed E-state index contributed by atoms with van der Waals surface area (Å²) in [7, 11) is -3.61. The van der Waals surface area contributed by atoms with Gasteiger partial charge in [-0.05, 0) is 61.6 Å². The van der Waals surface area contributed by atoms with E-state index in [1.165, 1.54) is 18.4 Å². The third kappa shape index (κ3) is 3.87.